The molecule has 110 valence electrons. The Hall–Kier alpha value is -1.32. The number of rotatable bonds is 5. The van der Waals surface area contributed by atoms with Gasteiger partial charge < -0.3 is 10.6 Å². The number of hydrogen-bond donors (Lipinski definition) is 2. The first-order chi connectivity index (χ1) is 9.71. The van der Waals surface area contributed by atoms with Crippen molar-refractivity contribution in [3.05, 3.63) is 11.4 Å². The Bertz CT molecular complexity index is 486. The summed E-state index contributed by atoms with van der Waals surface area (Å²) < 4.78 is 0. The normalized spacial score (nSPS) is 27.9. The molecule has 4 heteroatoms. The second-order valence-corrected chi connectivity index (χ2v) is 6.27. The van der Waals surface area contributed by atoms with Crippen LogP contribution in [0.4, 0.5) is 11.6 Å². The minimum Gasteiger partial charge on any atom is -0.370 e. The van der Waals surface area contributed by atoms with Crippen LogP contribution in [-0.4, -0.2) is 22.6 Å². The van der Waals surface area contributed by atoms with Crippen molar-refractivity contribution in [2.75, 3.05) is 17.2 Å². The van der Waals surface area contributed by atoms with Crippen molar-refractivity contribution in [1.82, 2.24) is 9.97 Å². The van der Waals surface area contributed by atoms with E-state index in [1.807, 2.05) is 0 Å². The van der Waals surface area contributed by atoms with Crippen molar-refractivity contribution in [2.45, 2.75) is 58.9 Å². The molecule has 1 aromatic heterocycles. The zero-order valence-corrected chi connectivity index (χ0v) is 12.9. The third kappa shape index (κ3) is 2.48. The Morgan fingerprint density at radius 1 is 1.10 bits per heavy atom. The maximum atomic E-state index is 4.72. The van der Waals surface area contributed by atoms with Gasteiger partial charge in [0, 0.05) is 24.6 Å². The highest BCUT2D eigenvalue weighted by molar-refractivity contribution is 5.57. The molecule has 3 atom stereocenters. The van der Waals surface area contributed by atoms with Gasteiger partial charge in [-0.25, -0.2) is 9.97 Å². The molecule has 3 rings (SSSR count). The van der Waals surface area contributed by atoms with Gasteiger partial charge in [0.25, 0.3) is 0 Å². The minimum absolute atomic E-state index is 0.626. The van der Waals surface area contributed by atoms with E-state index >= 15 is 0 Å². The largest absolute Gasteiger partial charge is 0.370 e. The molecule has 0 amide bonds. The Kier molecular flexibility index (Phi) is 3.81. The molecule has 20 heavy (non-hydrogen) atoms. The third-order valence-electron chi connectivity index (χ3n) is 4.91. The van der Waals surface area contributed by atoms with Crippen LogP contribution < -0.4 is 10.6 Å². The topological polar surface area (TPSA) is 49.8 Å². The lowest BCUT2D eigenvalue weighted by Gasteiger charge is -2.25. The van der Waals surface area contributed by atoms with Crippen molar-refractivity contribution in [3.63, 3.8) is 0 Å². The predicted molar refractivity (Wildman–Crippen MR) is 83.2 cm³/mol. The van der Waals surface area contributed by atoms with Crippen LogP contribution in [-0.2, 0) is 6.42 Å². The molecule has 2 N–H and O–H groups in total. The van der Waals surface area contributed by atoms with E-state index in [4.69, 9.17) is 4.98 Å². The molecule has 0 aliphatic heterocycles. The van der Waals surface area contributed by atoms with Crippen LogP contribution in [0.5, 0.6) is 0 Å². The van der Waals surface area contributed by atoms with Gasteiger partial charge in [-0.2, -0.15) is 0 Å². The van der Waals surface area contributed by atoms with E-state index in [0.29, 0.717) is 6.04 Å². The van der Waals surface area contributed by atoms with Gasteiger partial charge in [-0.1, -0.05) is 13.3 Å². The predicted octanol–water partition coefficient (Wildman–Crippen LogP) is 3.38. The fraction of sp³-hybridized carbons (Fsp3) is 0.750. The van der Waals surface area contributed by atoms with Gasteiger partial charge in [-0.05, 0) is 44.9 Å². The standard InChI is InChI=1S/C16H26N4/c1-4-14-19-15(17-5-2)10(3)16(20-14)18-13-9-11-6-7-12(13)8-11/h11-13H,4-9H2,1-3H3,(H2,17,18,19,20). The summed E-state index contributed by atoms with van der Waals surface area (Å²) in [6.07, 6.45) is 6.46. The van der Waals surface area contributed by atoms with Crippen molar-refractivity contribution in [2.24, 2.45) is 11.8 Å². The van der Waals surface area contributed by atoms with Gasteiger partial charge in [0.15, 0.2) is 0 Å². The van der Waals surface area contributed by atoms with Crippen molar-refractivity contribution < 1.29 is 0 Å². The first-order valence-corrected chi connectivity index (χ1v) is 8.09. The highest BCUT2D eigenvalue weighted by Gasteiger charge is 2.39. The van der Waals surface area contributed by atoms with Gasteiger partial charge >= 0.3 is 0 Å². The average molecular weight is 274 g/mol. The fourth-order valence-electron chi connectivity index (χ4n) is 3.80. The summed E-state index contributed by atoms with van der Waals surface area (Å²) in [5.41, 5.74) is 1.16. The molecule has 2 saturated carbocycles. The third-order valence-corrected chi connectivity index (χ3v) is 4.91. The number of anilines is 2. The van der Waals surface area contributed by atoms with E-state index in [9.17, 15) is 0 Å². The summed E-state index contributed by atoms with van der Waals surface area (Å²) in [6, 6.07) is 0.626. The summed E-state index contributed by atoms with van der Waals surface area (Å²) >= 11 is 0. The Balaban J connectivity index is 1.82. The minimum atomic E-state index is 0.626. The van der Waals surface area contributed by atoms with E-state index < -0.39 is 0 Å². The van der Waals surface area contributed by atoms with Gasteiger partial charge in [-0.3, -0.25) is 0 Å². The van der Waals surface area contributed by atoms with E-state index in [1.165, 1.54) is 25.7 Å². The van der Waals surface area contributed by atoms with E-state index in [2.05, 4.69) is 36.4 Å². The number of aromatic nitrogens is 2. The molecule has 2 aliphatic carbocycles. The first-order valence-electron chi connectivity index (χ1n) is 8.09. The number of fused-ring (bicyclic) bond motifs is 2. The molecule has 1 aromatic rings. The van der Waals surface area contributed by atoms with E-state index in [0.717, 1.165) is 47.8 Å². The monoisotopic (exact) mass is 274 g/mol. The number of hydrogen-bond acceptors (Lipinski definition) is 4. The van der Waals surface area contributed by atoms with Crippen LogP contribution in [0.3, 0.4) is 0 Å². The molecule has 0 radical (unpaired) electrons. The van der Waals surface area contributed by atoms with Crippen LogP contribution in [0.25, 0.3) is 0 Å². The summed E-state index contributed by atoms with van der Waals surface area (Å²) in [7, 11) is 0. The smallest absolute Gasteiger partial charge is 0.135 e. The lowest BCUT2D eigenvalue weighted by molar-refractivity contribution is 0.438. The van der Waals surface area contributed by atoms with Crippen LogP contribution in [0.15, 0.2) is 0 Å². The SMILES string of the molecule is CCNc1nc(CC)nc(NC2CC3CCC2C3)c1C. The van der Waals surface area contributed by atoms with Crippen LogP contribution in [0.2, 0.25) is 0 Å². The number of nitrogens with one attached hydrogen (secondary N) is 2. The maximum absolute atomic E-state index is 4.72. The molecule has 0 saturated heterocycles. The van der Waals surface area contributed by atoms with Gasteiger partial charge in [0.2, 0.25) is 0 Å². The van der Waals surface area contributed by atoms with Gasteiger partial charge in [0.05, 0.1) is 0 Å². The lowest BCUT2D eigenvalue weighted by atomic mass is 9.95. The fourth-order valence-corrected chi connectivity index (χ4v) is 3.80. The second kappa shape index (κ2) is 5.58. The number of aryl methyl sites for hydroxylation is 1. The Morgan fingerprint density at radius 2 is 1.90 bits per heavy atom. The molecule has 1 heterocycles. The molecule has 4 nitrogen and oxygen atoms in total. The first kappa shape index (κ1) is 13.7. The molecule has 2 aliphatic rings. The zero-order chi connectivity index (χ0) is 14.1. The van der Waals surface area contributed by atoms with Crippen molar-refractivity contribution in [1.29, 1.82) is 0 Å². The van der Waals surface area contributed by atoms with Crippen molar-refractivity contribution in [3.8, 4) is 0 Å². The highest BCUT2D eigenvalue weighted by atomic mass is 15.1. The summed E-state index contributed by atoms with van der Waals surface area (Å²) in [5.74, 6) is 4.79. The average Bonchev–Trinajstić information content (AvgIpc) is 3.05. The molecule has 0 aromatic carbocycles. The molecule has 3 unspecified atom stereocenters. The molecule has 0 spiro atoms. The quantitative estimate of drug-likeness (QED) is 0.864. The summed E-state index contributed by atoms with van der Waals surface area (Å²) in [6.45, 7) is 7.24. The van der Waals surface area contributed by atoms with E-state index in [1.54, 1.807) is 0 Å². The Morgan fingerprint density at radius 3 is 2.50 bits per heavy atom. The summed E-state index contributed by atoms with van der Waals surface area (Å²) in [5, 5.41) is 7.08. The molecular formula is C16H26N4. The second-order valence-electron chi connectivity index (χ2n) is 6.27. The Labute approximate surface area is 121 Å². The number of nitrogens with zero attached hydrogens (tertiary/aromatic N) is 2. The van der Waals surface area contributed by atoms with Gasteiger partial charge in [-0.15, -0.1) is 0 Å². The van der Waals surface area contributed by atoms with Gasteiger partial charge in [0.1, 0.15) is 17.5 Å². The van der Waals surface area contributed by atoms with Crippen LogP contribution >= 0.6 is 0 Å². The van der Waals surface area contributed by atoms with Crippen LogP contribution in [0, 0.1) is 18.8 Å². The molecule has 2 fully saturated rings. The highest BCUT2D eigenvalue weighted by Crippen LogP contribution is 2.45. The lowest BCUT2D eigenvalue weighted by Crippen LogP contribution is -2.27. The van der Waals surface area contributed by atoms with Crippen LogP contribution in [0.1, 0.15) is 50.9 Å². The maximum Gasteiger partial charge on any atom is 0.135 e. The zero-order valence-electron chi connectivity index (χ0n) is 12.9. The molecular weight excluding hydrogens is 248 g/mol. The summed E-state index contributed by atoms with van der Waals surface area (Å²) in [4.78, 5) is 9.32. The van der Waals surface area contributed by atoms with E-state index in [-0.39, 0.29) is 0 Å². The van der Waals surface area contributed by atoms with Crippen molar-refractivity contribution >= 4 is 11.6 Å². The molecule has 2 bridgehead atoms.